The molecule has 3 atom stereocenters. The zero-order chi connectivity index (χ0) is 23.6. The van der Waals surface area contributed by atoms with Crippen LogP contribution in [0.15, 0.2) is 48.5 Å². The van der Waals surface area contributed by atoms with Crippen molar-refractivity contribution in [1.29, 1.82) is 0 Å². The lowest BCUT2D eigenvalue weighted by Gasteiger charge is -2.57. The van der Waals surface area contributed by atoms with Crippen LogP contribution in [0.25, 0.3) is 0 Å². The molecule has 2 aliphatic rings. The van der Waals surface area contributed by atoms with Gasteiger partial charge in [0.1, 0.15) is 11.4 Å². The molecule has 174 valence electrons. The van der Waals surface area contributed by atoms with Crippen molar-refractivity contribution in [3.8, 4) is 11.8 Å². The molecular weight excluding hydrogens is 419 g/mol. The van der Waals surface area contributed by atoms with Crippen molar-refractivity contribution < 1.29 is 19.4 Å². The first kappa shape index (κ1) is 23.4. The molecule has 0 bridgehead atoms. The minimum Gasteiger partial charge on any atom is -0.395 e. The van der Waals surface area contributed by atoms with E-state index >= 15 is 0 Å². The fraction of sp³-hybridized carbons (Fsp3) is 0.444. The molecule has 6 heteroatoms. The van der Waals surface area contributed by atoms with Crippen molar-refractivity contribution in [1.82, 2.24) is 9.80 Å². The lowest BCUT2D eigenvalue weighted by molar-refractivity contribution is -0.0606. The number of amides is 1. The monoisotopic (exact) mass is 450 g/mol. The molecule has 2 aliphatic heterocycles. The molecule has 2 aromatic carbocycles. The first-order valence-corrected chi connectivity index (χ1v) is 11.5. The Kier molecular flexibility index (Phi) is 6.85. The number of aliphatic hydroxyl groups is 2. The van der Waals surface area contributed by atoms with E-state index in [1.54, 1.807) is 26.0 Å². The highest BCUT2D eigenvalue weighted by atomic mass is 19.1. The normalized spacial score (nSPS) is 23.4. The molecule has 2 saturated heterocycles. The first-order valence-electron chi connectivity index (χ1n) is 11.5. The van der Waals surface area contributed by atoms with Gasteiger partial charge in [-0.25, -0.2) is 4.39 Å². The van der Waals surface area contributed by atoms with Crippen LogP contribution in [0.3, 0.4) is 0 Å². The van der Waals surface area contributed by atoms with Gasteiger partial charge < -0.3 is 15.1 Å². The maximum atomic E-state index is 13.7. The molecule has 4 rings (SSSR count). The Balaban J connectivity index is 1.56. The highest BCUT2D eigenvalue weighted by Crippen LogP contribution is 2.42. The Bertz CT molecular complexity index is 1050. The lowest BCUT2D eigenvalue weighted by Crippen LogP contribution is -2.67. The van der Waals surface area contributed by atoms with Gasteiger partial charge in [-0.1, -0.05) is 30.0 Å². The van der Waals surface area contributed by atoms with Crippen LogP contribution in [0, 0.1) is 17.7 Å². The predicted molar refractivity (Wildman–Crippen MR) is 125 cm³/mol. The molecule has 0 radical (unpaired) electrons. The maximum Gasteiger partial charge on any atom is 0.254 e. The Hall–Kier alpha value is -2.72. The standard InChI is InChI=1S/C27H31FN2O3/c1-27(2,33)13-12-19-8-10-20(11-9-19)25-23-17-29(14-3-4-15-30(23)24(25)18-31)26(32)21-6-5-7-22(28)16-21/h5-11,16,23-25,31,33H,3-4,14-15,17-18H2,1-2H3/t23-,24-,25+/m0/s1. The van der Waals surface area contributed by atoms with Crippen LogP contribution in [-0.2, 0) is 0 Å². The summed E-state index contributed by atoms with van der Waals surface area (Å²) in [5.74, 6) is 5.33. The molecule has 5 nitrogen and oxygen atoms in total. The molecular formula is C27H31FN2O3. The van der Waals surface area contributed by atoms with Crippen LogP contribution in [-0.4, -0.2) is 69.8 Å². The highest BCUT2D eigenvalue weighted by Gasteiger charge is 2.49. The van der Waals surface area contributed by atoms with Gasteiger partial charge in [0.2, 0.25) is 0 Å². The summed E-state index contributed by atoms with van der Waals surface area (Å²) >= 11 is 0. The van der Waals surface area contributed by atoms with E-state index < -0.39 is 11.4 Å². The van der Waals surface area contributed by atoms with Gasteiger partial charge in [-0.3, -0.25) is 9.69 Å². The third kappa shape index (κ3) is 5.27. The zero-order valence-corrected chi connectivity index (χ0v) is 19.2. The van der Waals surface area contributed by atoms with E-state index in [2.05, 4.69) is 16.7 Å². The minimum absolute atomic E-state index is 0.00697. The SMILES string of the molecule is CC(C)(O)C#Cc1ccc([C@H]2[C@H](CO)N3CCCCN(C(=O)c4cccc(F)c4)C[C@@H]23)cc1. The number of aliphatic hydroxyl groups excluding tert-OH is 1. The zero-order valence-electron chi connectivity index (χ0n) is 19.2. The molecule has 2 fully saturated rings. The first-order chi connectivity index (χ1) is 15.8. The number of nitrogens with zero attached hydrogens (tertiary/aromatic N) is 2. The van der Waals surface area contributed by atoms with Crippen molar-refractivity contribution in [2.75, 3.05) is 26.2 Å². The van der Waals surface area contributed by atoms with Crippen LogP contribution < -0.4 is 0 Å². The molecule has 0 aromatic heterocycles. The maximum absolute atomic E-state index is 13.7. The number of carbonyl (C=O) groups is 1. The number of rotatable bonds is 3. The van der Waals surface area contributed by atoms with Gasteiger partial charge in [0.05, 0.1) is 6.61 Å². The Morgan fingerprint density at radius 1 is 1.15 bits per heavy atom. The fourth-order valence-electron chi connectivity index (χ4n) is 4.94. The number of fused-ring (bicyclic) bond motifs is 1. The number of hydrogen-bond donors (Lipinski definition) is 2. The summed E-state index contributed by atoms with van der Waals surface area (Å²) in [7, 11) is 0. The third-order valence-corrected chi connectivity index (χ3v) is 6.54. The van der Waals surface area contributed by atoms with Gasteiger partial charge in [0.15, 0.2) is 0 Å². The van der Waals surface area contributed by atoms with Crippen molar-refractivity contribution >= 4 is 5.91 Å². The second-order valence-corrected chi connectivity index (χ2v) is 9.48. The van der Waals surface area contributed by atoms with Crippen LogP contribution in [0.2, 0.25) is 0 Å². The summed E-state index contributed by atoms with van der Waals surface area (Å²) in [5, 5.41) is 19.9. The van der Waals surface area contributed by atoms with Crippen LogP contribution in [0.1, 0.15) is 54.1 Å². The second-order valence-electron chi connectivity index (χ2n) is 9.48. The summed E-state index contributed by atoms with van der Waals surface area (Å²) in [4.78, 5) is 17.3. The van der Waals surface area contributed by atoms with Crippen LogP contribution >= 0.6 is 0 Å². The third-order valence-electron chi connectivity index (χ3n) is 6.54. The van der Waals surface area contributed by atoms with Crippen molar-refractivity contribution in [3.05, 3.63) is 71.0 Å². The van der Waals surface area contributed by atoms with Crippen molar-refractivity contribution in [2.24, 2.45) is 0 Å². The molecule has 0 saturated carbocycles. The molecule has 2 aromatic rings. The lowest BCUT2D eigenvalue weighted by atomic mass is 9.74. The van der Waals surface area contributed by atoms with Crippen LogP contribution in [0.4, 0.5) is 4.39 Å². The Morgan fingerprint density at radius 3 is 2.55 bits per heavy atom. The van der Waals surface area contributed by atoms with E-state index in [-0.39, 0.29) is 30.5 Å². The van der Waals surface area contributed by atoms with E-state index in [4.69, 9.17) is 0 Å². The average Bonchev–Trinajstić information content (AvgIpc) is 2.76. The molecule has 1 amide bonds. The number of halogens is 1. The van der Waals surface area contributed by atoms with E-state index in [1.165, 1.54) is 12.1 Å². The summed E-state index contributed by atoms with van der Waals surface area (Å²) in [6.45, 7) is 5.42. The Morgan fingerprint density at radius 2 is 1.88 bits per heavy atom. The highest BCUT2D eigenvalue weighted by molar-refractivity contribution is 5.94. The minimum atomic E-state index is -1.05. The quantitative estimate of drug-likeness (QED) is 0.706. The van der Waals surface area contributed by atoms with Gasteiger partial charge in [-0.15, -0.1) is 0 Å². The summed E-state index contributed by atoms with van der Waals surface area (Å²) < 4.78 is 13.7. The molecule has 0 unspecified atom stereocenters. The number of carbonyl (C=O) groups excluding carboxylic acids is 1. The van der Waals surface area contributed by atoms with E-state index in [1.807, 2.05) is 29.2 Å². The molecule has 0 aliphatic carbocycles. The van der Waals surface area contributed by atoms with Gasteiger partial charge in [0, 0.05) is 42.2 Å². The van der Waals surface area contributed by atoms with Gasteiger partial charge in [0.25, 0.3) is 5.91 Å². The van der Waals surface area contributed by atoms with Gasteiger partial charge in [-0.2, -0.15) is 0 Å². The fourth-order valence-corrected chi connectivity index (χ4v) is 4.94. The molecule has 33 heavy (non-hydrogen) atoms. The largest absolute Gasteiger partial charge is 0.395 e. The number of hydrogen-bond acceptors (Lipinski definition) is 4. The number of benzene rings is 2. The van der Waals surface area contributed by atoms with E-state index in [0.717, 1.165) is 30.5 Å². The average molecular weight is 451 g/mol. The van der Waals surface area contributed by atoms with Gasteiger partial charge in [-0.05, 0) is 69.1 Å². The topological polar surface area (TPSA) is 64.0 Å². The van der Waals surface area contributed by atoms with Crippen molar-refractivity contribution in [3.63, 3.8) is 0 Å². The second kappa shape index (κ2) is 9.64. The summed E-state index contributed by atoms with van der Waals surface area (Å²) in [6, 6.07) is 13.9. The molecule has 0 spiro atoms. The van der Waals surface area contributed by atoms with Crippen LogP contribution in [0.5, 0.6) is 0 Å². The van der Waals surface area contributed by atoms with Gasteiger partial charge >= 0.3 is 0 Å². The smallest absolute Gasteiger partial charge is 0.254 e. The van der Waals surface area contributed by atoms with E-state index in [0.29, 0.717) is 18.7 Å². The molecule has 2 N–H and O–H groups in total. The van der Waals surface area contributed by atoms with Crippen molar-refractivity contribution in [2.45, 2.75) is 50.3 Å². The summed E-state index contributed by atoms with van der Waals surface area (Å²) in [6.07, 6.45) is 1.82. The Labute approximate surface area is 194 Å². The predicted octanol–water partition coefficient (Wildman–Crippen LogP) is 3.01. The molecule has 2 heterocycles. The summed E-state index contributed by atoms with van der Waals surface area (Å²) in [5.41, 5.74) is 1.23. The van der Waals surface area contributed by atoms with E-state index in [9.17, 15) is 19.4 Å².